The number of hydrogen-bond donors (Lipinski definition) is 1. The van der Waals surface area contributed by atoms with Crippen molar-refractivity contribution >= 4 is 14.7 Å². The van der Waals surface area contributed by atoms with Crippen LogP contribution in [-0.2, 0) is 18.1 Å². The van der Waals surface area contributed by atoms with E-state index in [9.17, 15) is 4.79 Å². The van der Waals surface area contributed by atoms with Crippen LogP contribution in [-0.4, -0.2) is 42.6 Å². The third-order valence-electron chi connectivity index (χ3n) is 4.24. The van der Waals surface area contributed by atoms with Crippen LogP contribution in [0.1, 0.15) is 71.1 Å². The largest absolute Gasteiger partial charge is 0.500 e. The molecule has 5 nitrogen and oxygen atoms in total. The fourth-order valence-corrected chi connectivity index (χ4v) is 4.33. The van der Waals surface area contributed by atoms with E-state index in [1.165, 1.54) is 32.1 Å². The first-order valence-corrected chi connectivity index (χ1v) is 11.3. The van der Waals surface area contributed by atoms with Crippen molar-refractivity contribution in [3.8, 4) is 0 Å². The minimum absolute atomic E-state index is 0.137. The maximum Gasteiger partial charge on any atom is 0.500 e. The van der Waals surface area contributed by atoms with Gasteiger partial charge in [0.15, 0.2) is 0 Å². The Morgan fingerprint density at radius 1 is 0.917 bits per heavy atom. The average Bonchev–Trinajstić information content (AvgIpc) is 2.61. The predicted octanol–water partition coefficient (Wildman–Crippen LogP) is 4.11. The monoisotopic (exact) mass is 360 g/mol. The van der Waals surface area contributed by atoms with E-state index >= 15 is 0 Å². The van der Waals surface area contributed by atoms with Crippen LogP contribution in [0.2, 0.25) is 6.04 Å². The zero-order chi connectivity index (χ0) is 18.1. The molecule has 24 heavy (non-hydrogen) atoms. The van der Waals surface area contributed by atoms with Gasteiger partial charge >= 0.3 is 8.80 Å². The molecule has 1 N–H and O–H groups in total. The van der Waals surface area contributed by atoms with Gasteiger partial charge in [0.05, 0.1) is 0 Å². The minimum Gasteiger partial charge on any atom is -0.377 e. The highest BCUT2D eigenvalue weighted by Crippen LogP contribution is 2.14. The molecule has 6 heteroatoms. The summed E-state index contributed by atoms with van der Waals surface area (Å²) in [4.78, 5) is 11.8. The van der Waals surface area contributed by atoms with Gasteiger partial charge in [-0.1, -0.05) is 51.9 Å². The summed E-state index contributed by atoms with van der Waals surface area (Å²) in [5, 5.41) is 2.96. The Labute approximate surface area is 150 Å². The lowest BCUT2D eigenvalue weighted by molar-refractivity contribution is -0.121. The Bertz CT molecular complexity index is 290. The Balaban J connectivity index is 3.47. The topological polar surface area (TPSA) is 56.8 Å². The summed E-state index contributed by atoms with van der Waals surface area (Å²) in [6, 6.07) is 0.712. The van der Waals surface area contributed by atoms with E-state index in [1.54, 1.807) is 21.3 Å². The lowest BCUT2D eigenvalue weighted by Gasteiger charge is -2.24. The molecule has 0 saturated heterocycles. The summed E-state index contributed by atoms with van der Waals surface area (Å²) in [5.41, 5.74) is 0. The van der Waals surface area contributed by atoms with E-state index in [-0.39, 0.29) is 5.91 Å². The van der Waals surface area contributed by atoms with Crippen molar-refractivity contribution < 1.29 is 18.1 Å². The third-order valence-corrected chi connectivity index (χ3v) is 7.07. The van der Waals surface area contributed by atoms with Crippen molar-refractivity contribution in [2.24, 2.45) is 0 Å². The van der Waals surface area contributed by atoms with Gasteiger partial charge in [-0.15, -0.1) is 0 Å². The normalized spacial score (nSPS) is 11.7. The number of unbranched alkanes of at least 4 members (excludes halogenated alkanes) is 8. The summed E-state index contributed by atoms with van der Waals surface area (Å²) in [7, 11) is 2.33. The third kappa shape index (κ3) is 12.0. The Hall–Kier alpha value is -0.433. The summed E-state index contributed by atoms with van der Waals surface area (Å²) in [5.74, 6) is 0.137. The Morgan fingerprint density at radius 2 is 1.54 bits per heavy atom. The van der Waals surface area contributed by atoms with Crippen LogP contribution in [0.15, 0.2) is 0 Å². The molecule has 0 aromatic rings. The van der Waals surface area contributed by atoms with Gasteiger partial charge < -0.3 is 18.6 Å². The van der Waals surface area contributed by atoms with E-state index in [0.717, 1.165) is 25.7 Å². The zero-order valence-electron chi connectivity index (χ0n) is 16.2. The molecule has 143 valence electrons. The number of carbonyl (C=O) groups excluding carboxylic acids is 1. The van der Waals surface area contributed by atoms with Crippen LogP contribution >= 0.6 is 0 Å². The molecule has 0 aliphatic heterocycles. The second-order valence-electron chi connectivity index (χ2n) is 6.13. The van der Waals surface area contributed by atoms with Crippen LogP contribution in [0, 0.1) is 6.42 Å². The highest BCUT2D eigenvalue weighted by Gasteiger charge is 2.36. The zero-order valence-corrected chi connectivity index (χ0v) is 17.2. The SMILES string of the molecule is CCCCCC[CH]CCCCC(=O)NCCC[Si](OC)(OC)OC. The second kappa shape index (κ2) is 16.1. The van der Waals surface area contributed by atoms with E-state index < -0.39 is 8.80 Å². The molecule has 0 saturated carbocycles. The molecular weight excluding hydrogens is 322 g/mol. The highest BCUT2D eigenvalue weighted by molar-refractivity contribution is 6.60. The molecule has 0 fully saturated rings. The van der Waals surface area contributed by atoms with E-state index in [1.807, 2.05) is 0 Å². The van der Waals surface area contributed by atoms with Gasteiger partial charge in [0.2, 0.25) is 5.91 Å². The number of amides is 1. The molecule has 0 atom stereocenters. The van der Waals surface area contributed by atoms with Gasteiger partial charge in [-0.25, -0.2) is 0 Å². The Kier molecular flexibility index (Phi) is 15.8. The molecule has 0 unspecified atom stereocenters. The first-order valence-electron chi connectivity index (χ1n) is 9.38. The molecule has 0 rings (SSSR count). The second-order valence-corrected chi connectivity index (χ2v) is 9.22. The molecule has 0 aromatic carbocycles. The maximum atomic E-state index is 11.8. The number of hydrogen-bond acceptors (Lipinski definition) is 4. The van der Waals surface area contributed by atoms with Gasteiger partial charge in [0.1, 0.15) is 0 Å². The fraction of sp³-hybridized carbons (Fsp3) is 0.889. The minimum atomic E-state index is -2.50. The first-order chi connectivity index (χ1) is 11.6. The summed E-state index contributed by atoms with van der Waals surface area (Å²) in [6.07, 6.45) is 13.5. The molecule has 0 spiro atoms. The van der Waals surface area contributed by atoms with Crippen molar-refractivity contribution in [2.45, 2.75) is 77.2 Å². The van der Waals surface area contributed by atoms with Gasteiger partial charge in [-0.2, -0.15) is 0 Å². The molecule has 1 radical (unpaired) electrons. The summed E-state index contributed by atoms with van der Waals surface area (Å²) in [6.45, 7) is 2.88. The van der Waals surface area contributed by atoms with Crippen molar-refractivity contribution in [2.75, 3.05) is 27.9 Å². The lowest BCUT2D eigenvalue weighted by atomic mass is 10.1. The van der Waals surface area contributed by atoms with Crippen LogP contribution in [0.5, 0.6) is 0 Å². The number of rotatable bonds is 17. The van der Waals surface area contributed by atoms with E-state index in [4.69, 9.17) is 13.3 Å². The molecule has 1 amide bonds. The van der Waals surface area contributed by atoms with E-state index in [0.29, 0.717) is 19.0 Å². The predicted molar refractivity (Wildman–Crippen MR) is 101 cm³/mol. The fourth-order valence-electron chi connectivity index (χ4n) is 2.61. The lowest BCUT2D eigenvalue weighted by Crippen LogP contribution is -2.43. The molecule has 0 aliphatic carbocycles. The van der Waals surface area contributed by atoms with Crippen molar-refractivity contribution in [1.82, 2.24) is 5.32 Å². The van der Waals surface area contributed by atoms with Crippen LogP contribution < -0.4 is 5.32 Å². The smallest absolute Gasteiger partial charge is 0.377 e. The standard InChI is InChI=1S/C18H38NO4Si/c1-5-6-7-8-9-10-11-12-13-15-18(20)19-16-14-17-24(21-2,22-3)23-4/h10H,5-9,11-17H2,1-4H3,(H,19,20). The van der Waals surface area contributed by atoms with Gasteiger partial charge in [-0.05, 0) is 19.3 Å². The first kappa shape index (κ1) is 23.6. The van der Waals surface area contributed by atoms with Gasteiger partial charge in [0, 0.05) is 40.3 Å². The molecular formula is C18H38NO4Si. The van der Waals surface area contributed by atoms with Gasteiger partial charge in [0.25, 0.3) is 0 Å². The molecule has 0 bridgehead atoms. The molecule has 0 aliphatic rings. The van der Waals surface area contributed by atoms with Crippen molar-refractivity contribution in [3.63, 3.8) is 0 Å². The van der Waals surface area contributed by atoms with E-state index in [2.05, 4.69) is 18.7 Å². The number of carbonyl (C=O) groups is 1. The average molecular weight is 361 g/mol. The maximum absolute atomic E-state index is 11.8. The van der Waals surface area contributed by atoms with Crippen LogP contribution in [0.4, 0.5) is 0 Å². The summed E-state index contributed by atoms with van der Waals surface area (Å²) >= 11 is 0. The van der Waals surface area contributed by atoms with Crippen LogP contribution in [0.3, 0.4) is 0 Å². The quantitative estimate of drug-likeness (QED) is 0.313. The highest BCUT2D eigenvalue weighted by atomic mass is 28.4. The Morgan fingerprint density at radius 3 is 2.12 bits per heavy atom. The summed E-state index contributed by atoms with van der Waals surface area (Å²) < 4.78 is 16.1. The molecule has 0 heterocycles. The number of nitrogens with one attached hydrogen (secondary N) is 1. The molecule has 0 aromatic heterocycles. The van der Waals surface area contributed by atoms with Gasteiger partial charge in [-0.3, -0.25) is 4.79 Å². The van der Waals surface area contributed by atoms with Crippen molar-refractivity contribution in [1.29, 1.82) is 0 Å². The van der Waals surface area contributed by atoms with Crippen molar-refractivity contribution in [3.05, 3.63) is 6.42 Å². The van der Waals surface area contributed by atoms with Crippen LogP contribution in [0.25, 0.3) is 0 Å².